The van der Waals surface area contributed by atoms with Crippen LogP contribution in [0.5, 0.6) is 0 Å². The molecule has 0 saturated carbocycles. The highest BCUT2D eigenvalue weighted by atomic mass is 35.5. The van der Waals surface area contributed by atoms with Gasteiger partial charge in [0.25, 0.3) is 0 Å². The first-order chi connectivity index (χ1) is 9.56. The number of carbonyl (C=O) groups excluding carboxylic acids is 1. The van der Waals surface area contributed by atoms with E-state index in [0.717, 1.165) is 0 Å². The Morgan fingerprint density at radius 3 is 2.35 bits per heavy atom. The Morgan fingerprint density at radius 1 is 1.15 bits per heavy atom. The number of thioether (sulfide) groups is 1. The zero-order valence-corrected chi connectivity index (χ0v) is 13.0. The lowest BCUT2D eigenvalue weighted by Crippen LogP contribution is -2.15. The van der Waals surface area contributed by atoms with E-state index >= 15 is 0 Å². The number of benzene rings is 1. The van der Waals surface area contributed by atoms with Crippen molar-refractivity contribution in [2.75, 3.05) is 11.1 Å². The number of aromatic nitrogens is 2. The van der Waals surface area contributed by atoms with Crippen LogP contribution in [0.15, 0.2) is 35.7 Å². The molecular weight excluding hydrogens is 341 g/mol. The molecule has 2 aromatic rings. The van der Waals surface area contributed by atoms with Crippen molar-refractivity contribution in [1.82, 2.24) is 9.97 Å². The standard InChI is InChI=1S/C12H8Cl3N3OS/c13-7-4-8(14)11(9(15)5-7)18-10(19)6-20-12-16-2-1-3-17-12/h1-5H,6H2,(H,18,19). The summed E-state index contributed by atoms with van der Waals surface area (Å²) < 4.78 is 0. The van der Waals surface area contributed by atoms with E-state index in [1.54, 1.807) is 18.5 Å². The van der Waals surface area contributed by atoms with E-state index < -0.39 is 0 Å². The maximum Gasteiger partial charge on any atom is 0.234 e. The predicted molar refractivity (Wildman–Crippen MR) is 82.9 cm³/mol. The summed E-state index contributed by atoms with van der Waals surface area (Å²) in [7, 11) is 0. The average Bonchev–Trinajstić information content (AvgIpc) is 2.42. The summed E-state index contributed by atoms with van der Waals surface area (Å²) in [5.74, 6) is -0.104. The minimum atomic E-state index is -0.256. The highest BCUT2D eigenvalue weighted by Crippen LogP contribution is 2.33. The molecule has 0 unspecified atom stereocenters. The third-order valence-corrected chi connectivity index (χ3v) is 3.84. The lowest BCUT2D eigenvalue weighted by atomic mass is 10.3. The third-order valence-electron chi connectivity index (χ3n) is 2.15. The number of halogens is 3. The predicted octanol–water partition coefficient (Wildman–Crippen LogP) is 4.17. The second-order valence-electron chi connectivity index (χ2n) is 3.61. The van der Waals surface area contributed by atoms with Gasteiger partial charge in [-0.05, 0) is 18.2 Å². The first kappa shape index (κ1) is 15.4. The second kappa shape index (κ2) is 7.13. The monoisotopic (exact) mass is 347 g/mol. The number of nitrogens with zero attached hydrogens (tertiary/aromatic N) is 2. The fourth-order valence-electron chi connectivity index (χ4n) is 1.33. The van der Waals surface area contributed by atoms with E-state index in [-0.39, 0.29) is 21.7 Å². The molecule has 104 valence electrons. The maximum atomic E-state index is 11.8. The van der Waals surface area contributed by atoms with E-state index in [4.69, 9.17) is 34.8 Å². The molecule has 0 fully saturated rings. The fourth-order valence-corrected chi connectivity index (χ4v) is 2.84. The van der Waals surface area contributed by atoms with Crippen molar-refractivity contribution in [1.29, 1.82) is 0 Å². The quantitative estimate of drug-likeness (QED) is 0.665. The molecule has 0 saturated heterocycles. The van der Waals surface area contributed by atoms with Crippen LogP contribution in [0.25, 0.3) is 0 Å². The zero-order valence-electron chi connectivity index (χ0n) is 9.94. The zero-order chi connectivity index (χ0) is 14.5. The molecule has 20 heavy (non-hydrogen) atoms. The van der Waals surface area contributed by atoms with E-state index in [2.05, 4.69) is 15.3 Å². The first-order valence-corrected chi connectivity index (χ1v) is 7.52. The molecule has 2 rings (SSSR count). The number of anilines is 1. The summed E-state index contributed by atoms with van der Waals surface area (Å²) in [5.41, 5.74) is 0.345. The molecule has 8 heteroatoms. The van der Waals surface area contributed by atoms with Gasteiger partial charge in [0.15, 0.2) is 5.16 Å². The molecule has 1 aromatic carbocycles. The Bertz CT molecular complexity index is 602. The van der Waals surface area contributed by atoms with E-state index in [0.29, 0.717) is 15.9 Å². The van der Waals surface area contributed by atoms with E-state index in [1.807, 2.05) is 0 Å². The molecule has 0 aliphatic carbocycles. The van der Waals surface area contributed by atoms with Crippen LogP contribution in [0.1, 0.15) is 0 Å². The van der Waals surface area contributed by atoms with Gasteiger partial charge in [0.1, 0.15) is 0 Å². The molecule has 1 aromatic heterocycles. The Labute approximate surface area is 134 Å². The van der Waals surface area contributed by atoms with Gasteiger partial charge in [0, 0.05) is 17.4 Å². The normalized spacial score (nSPS) is 10.3. The van der Waals surface area contributed by atoms with Gasteiger partial charge < -0.3 is 5.32 Å². The molecule has 0 atom stereocenters. The van der Waals surface area contributed by atoms with Crippen molar-refractivity contribution in [3.05, 3.63) is 45.7 Å². The number of carbonyl (C=O) groups is 1. The minimum absolute atomic E-state index is 0.152. The highest BCUT2D eigenvalue weighted by molar-refractivity contribution is 7.99. The smallest absolute Gasteiger partial charge is 0.234 e. The van der Waals surface area contributed by atoms with Crippen LogP contribution >= 0.6 is 46.6 Å². The van der Waals surface area contributed by atoms with Gasteiger partial charge >= 0.3 is 0 Å². The van der Waals surface area contributed by atoms with Crippen LogP contribution in [-0.4, -0.2) is 21.6 Å². The fraction of sp³-hybridized carbons (Fsp3) is 0.0833. The molecule has 0 spiro atoms. The third kappa shape index (κ3) is 4.24. The summed E-state index contributed by atoms with van der Waals surface area (Å²) in [4.78, 5) is 19.9. The molecule has 0 bridgehead atoms. The number of amides is 1. The number of nitrogens with one attached hydrogen (secondary N) is 1. The van der Waals surface area contributed by atoms with Gasteiger partial charge in [0.05, 0.1) is 21.5 Å². The second-order valence-corrected chi connectivity index (χ2v) is 5.81. The van der Waals surface area contributed by atoms with Crippen molar-refractivity contribution in [3.8, 4) is 0 Å². The number of hydrogen-bond acceptors (Lipinski definition) is 4. The van der Waals surface area contributed by atoms with Gasteiger partial charge in [0.2, 0.25) is 5.91 Å². The highest BCUT2D eigenvalue weighted by Gasteiger charge is 2.12. The van der Waals surface area contributed by atoms with Crippen molar-refractivity contribution >= 4 is 58.2 Å². The Kier molecular flexibility index (Phi) is 5.48. The van der Waals surface area contributed by atoms with Gasteiger partial charge in [-0.2, -0.15) is 0 Å². The van der Waals surface area contributed by atoms with Crippen LogP contribution in [-0.2, 0) is 4.79 Å². The molecule has 1 amide bonds. The van der Waals surface area contributed by atoms with Crippen molar-refractivity contribution in [2.24, 2.45) is 0 Å². The minimum Gasteiger partial charge on any atom is -0.323 e. The van der Waals surface area contributed by atoms with Gasteiger partial charge in [-0.3, -0.25) is 4.79 Å². The Morgan fingerprint density at radius 2 is 1.75 bits per heavy atom. The summed E-state index contributed by atoms with van der Waals surface area (Å²) in [5, 5.41) is 4.15. The van der Waals surface area contributed by atoms with Gasteiger partial charge in [-0.15, -0.1) is 0 Å². The molecular formula is C12H8Cl3N3OS. The molecule has 1 heterocycles. The van der Waals surface area contributed by atoms with Crippen molar-refractivity contribution in [2.45, 2.75) is 5.16 Å². The van der Waals surface area contributed by atoms with Crippen molar-refractivity contribution in [3.63, 3.8) is 0 Å². The van der Waals surface area contributed by atoms with Gasteiger partial charge in [-0.25, -0.2) is 9.97 Å². The van der Waals surface area contributed by atoms with Crippen LogP contribution < -0.4 is 5.32 Å². The summed E-state index contributed by atoms with van der Waals surface area (Å²) >= 11 is 19.0. The molecule has 0 aliphatic heterocycles. The molecule has 4 nitrogen and oxygen atoms in total. The number of rotatable bonds is 4. The topological polar surface area (TPSA) is 54.9 Å². The summed E-state index contributed by atoms with van der Waals surface area (Å²) in [6, 6.07) is 4.73. The van der Waals surface area contributed by atoms with E-state index in [1.165, 1.54) is 23.9 Å². The first-order valence-electron chi connectivity index (χ1n) is 5.40. The lowest BCUT2D eigenvalue weighted by Gasteiger charge is -2.09. The van der Waals surface area contributed by atoms with Gasteiger partial charge in [-0.1, -0.05) is 46.6 Å². The average molecular weight is 349 g/mol. The molecule has 0 radical (unpaired) electrons. The summed E-state index contributed by atoms with van der Waals surface area (Å²) in [6.45, 7) is 0. The lowest BCUT2D eigenvalue weighted by molar-refractivity contribution is -0.113. The van der Waals surface area contributed by atoms with Crippen LogP contribution in [0.4, 0.5) is 5.69 Å². The van der Waals surface area contributed by atoms with Crippen LogP contribution in [0.3, 0.4) is 0 Å². The van der Waals surface area contributed by atoms with Crippen LogP contribution in [0, 0.1) is 0 Å². The largest absolute Gasteiger partial charge is 0.323 e. The Hall–Kier alpha value is -1.01. The number of hydrogen-bond donors (Lipinski definition) is 1. The van der Waals surface area contributed by atoms with E-state index in [9.17, 15) is 4.79 Å². The molecule has 0 aliphatic rings. The molecule has 1 N–H and O–H groups in total. The SMILES string of the molecule is O=C(CSc1ncccn1)Nc1c(Cl)cc(Cl)cc1Cl. The van der Waals surface area contributed by atoms with Crippen molar-refractivity contribution < 1.29 is 4.79 Å². The maximum absolute atomic E-state index is 11.8. The summed E-state index contributed by atoms with van der Waals surface area (Å²) in [6.07, 6.45) is 3.22. The Balaban J connectivity index is 1.98. The van der Waals surface area contributed by atoms with Crippen LogP contribution in [0.2, 0.25) is 15.1 Å².